The van der Waals surface area contributed by atoms with Gasteiger partial charge in [0.05, 0.1) is 13.2 Å². The highest BCUT2D eigenvalue weighted by atomic mass is 19.4. The topological polar surface area (TPSA) is 55.3 Å². The van der Waals surface area contributed by atoms with Gasteiger partial charge < -0.3 is 9.64 Å². The van der Waals surface area contributed by atoms with E-state index in [1.165, 1.54) is 0 Å². The quantitative estimate of drug-likeness (QED) is 0.718. The van der Waals surface area contributed by atoms with Crippen molar-refractivity contribution < 1.29 is 35.9 Å². The van der Waals surface area contributed by atoms with Crippen LogP contribution in [0.1, 0.15) is 42.3 Å². The number of carbonyl (C=O) groups excluding carboxylic acids is 1. The molecule has 1 saturated heterocycles. The summed E-state index contributed by atoms with van der Waals surface area (Å²) in [6, 6.07) is -0.902. The van der Waals surface area contributed by atoms with E-state index in [4.69, 9.17) is 0 Å². The van der Waals surface area contributed by atoms with Gasteiger partial charge >= 0.3 is 18.4 Å². The van der Waals surface area contributed by atoms with Crippen LogP contribution in [0.4, 0.5) is 31.1 Å². The molecule has 0 saturated carbocycles. The molecule has 2 heterocycles. The summed E-state index contributed by atoms with van der Waals surface area (Å²) in [4.78, 5) is 12.7. The maximum Gasteiger partial charge on any atom is 0.435 e. The van der Waals surface area contributed by atoms with Gasteiger partial charge in [-0.15, -0.1) is 10.2 Å². The van der Waals surface area contributed by atoms with Crippen LogP contribution in [0.15, 0.2) is 6.07 Å². The number of hydrogen-bond donors (Lipinski definition) is 0. The lowest BCUT2D eigenvalue weighted by atomic mass is 9.94. The molecular weight excluding hydrogens is 344 g/mol. The number of amides is 1. The van der Waals surface area contributed by atoms with Crippen molar-refractivity contribution in [3.05, 3.63) is 23.0 Å². The van der Waals surface area contributed by atoms with Crippen LogP contribution in [0.2, 0.25) is 0 Å². The highest BCUT2D eigenvalue weighted by Gasteiger charge is 2.43. The van der Waals surface area contributed by atoms with E-state index >= 15 is 0 Å². The van der Waals surface area contributed by atoms with Crippen molar-refractivity contribution in [1.82, 2.24) is 15.1 Å². The number of likely N-dealkylation sites (tertiary alicyclic amines) is 1. The number of hydrogen-bond acceptors (Lipinski definition) is 4. The molecule has 1 unspecified atom stereocenters. The number of aromatic nitrogens is 2. The lowest BCUT2D eigenvalue weighted by molar-refractivity contribution is -0.149. The minimum absolute atomic E-state index is 0.0706. The first kappa shape index (κ1) is 18.3. The highest BCUT2D eigenvalue weighted by Crippen LogP contribution is 2.40. The Kier molecular flexibility index (Phi) is 4.90. The monoisotopic (exact) mass is 357 g/mol. The van der Waals surface area contributed by atoms with E-state index in [1.807, 2.05) is 0 Å². The summed E-state index contributed by atoms with van der Waals surface area (Å²) >= 11 is 0. The third-order valence-electron chi connectivity index (χ3n) is 3.65. The molecule has 2 rings (SSSR count). The van der Waals surface area contributed by atoms with Crippen molar-refractivity contribution in [3.8, 4) is 0 Å². The number of methoxy groups -OCH3 is 1. The van der Waals surface area contributed by atoms with Crippen LogP contribution in [-0.2, 0) is 17.1 Å². The molecule has 1 aromatic heterocycles. The highest BCUT2D eigenvalue weighted by molar-refractivity contribution is 5.68. The van der Waals surface area contributed by atoms with E-state index in [0.29, 0.717) is 18.9 Å². The molecule has 1 aliphatic heterocycles. The third-order valence-corrected chi connectivity index (χ3v) is 3.65. The Labute approximate surface area is 132 Å². The summed E-state index contributed by atoms with van der Waals surface area (Å²) in [7, 11) is 1.05. The fourth-order valence-corrected chi connectivity index (χ4v) is 2.61. The summed E-state index contributed by atoms with van der Waals surface area (Å²) in [5.41, 5.74) is -3.80. The zero-order valence-corrected chi connectivity index (χ0v) is 12.4. The van der Waals surface area contributed by atoms with Gasteiger partial charge in [0.25, 0.3) is 0 Å². The molecule has 134 valence electrons. The average molecular weight is 357 g/mol. The molecule has 11 heteroatoms. The molecular formula is C13H13F6N3O2. The summed E-state index contributed by atoms with van der Waals surface area (Å²) in [6.07, 6.45) is -9.81. The Morgan fingerprint density at radius 2 is 1.83 bits per heavy atom. The van der Waals surface area contributed by atoms with Crippen LogP contribution < -0.4 is 0 Å². The van der Waals surface area contributed by atoms with E-state index in [1.54, 1.807) is 0 Å². The Balaban J connectivity index is 2.57. The number of nitrogens with zero attached hydrogens (tertiary/aromatic N) is 3. The van der Waals surface area contributed by atoms with Crippen molar-refractivity contribution in [2.24, 2.45) is 0 Å². The van der Waals surface area contributed by atoms with Gasteiger partial charge in [0.15, 0.2) is 11.4 Å². The van der Waals surface area contributed by atoms with Gasteiger partial charge in [0, 0.05) is 12.1 Å². The molecule has 1 aliphatic rings. The van der Waals surface area contributed by atoms with Crippen LogP contribution in [-0.4, -0.2) is 34.8 Å². The number of ether oxygens (including phenoxy) is 1. The molecule has 1 amide bonds. The smallest absolute Gasteiger partial charge is 0.435 e. The van der Waals surface area contributed by atoms with Crippen molar-refractivity contribution >= 4 is 6.09 Å². The maximum atomic E-state index is 13.1. The van der Waals surface area contributed by atoms with Crippen LogP contribution in [0.5, 0.6) is 0 Å². The molecule has 0 N–H and O–H groups in total. The molecule has 1 aromatic rings. The lowest BCUT2D eigenvalue weighted by Crippen LogP contribution is -2.39. The second-order valence-electron chi connectivity index (χ2n) is 5.20. The molecule has 5 nitrogen and oxygen atoms in total. The maximum absolute atomic E-state index is 13.1. The minimum Gasteiger partial charge on any atom is -0.453 e. The molecule has 0 aromatic carbocycles. The van der Waals surface area contributed by atoms with Crippen LogP contribution in [0.3, 0.4) is 0 Å². The Morgan fingerprint density at radius 1 is 1.17 bits per heavy atom. The van der Waals surface area contributed by atoms with E-state index in [2.05, 4.69) is 14.9 Å². The van der Waals surface area contributed by atoms with Gasteiger partial charge in [0.2, 0.25) is 0 Å². The Bertz CT molecular complexity index is 617. The summed E-state index contributed by atoms with van der Waals surface area (Å²) in [6.45, 7) is 0.0817. The van der Waals surface area contributed by atoms with Crippen molar-refractivity contribution in [2.45, 2.75) is 37.7 Å². The van der Waals surface area contributed by atoms with Gasteiger partial charge in [0.1, 0.15) is 0 Å². The predicted molar refractivity (Wildman–Crippen MR) is 67.7 cm³/mol. The molecule has 0 radical (unpaired) electrons. The van der Waals surface area contributed by atoms with Crippen molar-refractivity contribution in [2.75, 3.05) is 13.7 Å². The number of alkyl halides is 6. The van der Waals surface area contributed by atoms with Gasteiger partial charge in [-0.25, -0.2) is 4.79 Å². The summed E-state index contributed by atoms with van der Waals surface area (Å²) in [5, 5.41) is 5.37. The SMILES string of the molecule is COC(=O)N1CCCCC1c1cc(C(F)(F)F)nnc1C(F)(F)F. The lowest BCUT2D eigenvalue weighted by Gasteiger charge is -2.35. The van der Waals surface area contributed by atoms with E-state index in [-0.39, 0.29) is 13.0 Å². The molecule has 0 aliphatic carbocycles. The normalized spacial score (nSPS) is 19.3. The van der Waals surface area contributed by atoms with Gasteiger partial charge in [-0.3, -0.25) is 0 Å². The third kappa shape index (κ3) is 3.70. The Hall–Kier alpha value is -2.07. The molecule has 24 heavy (non-hydrogen) atoms. The fraction of sp³-hybridized carbons (Fsp3) is 0.615. The minimum atomic E-state index is -4.99. The second-order valence-corrected chi connectivity index (χ2v) is 5.20. The first-order valence-electron chi connectivity index (χ1n) is 6.92. The van der Waals surface area contributed by atoms with E-state index in [9.17, 15) is 31.1 Å². The molecule has 1 fully saturated rings. The first-order chi connectivity index (χ1) is 11.1. The van der Waals surface area contributed by atoms with Crippen LogP contribution in [0, 0.1) is 0 Å². The van der Waals surface area contributed by atoms with E-state index in [0.717, 1.165) is 12.0 Å². The largest absolute Gasteiger partial charge is 0.453 e. The number of rotatable bonds is 1. The van der Waals surface area contributed by atoms with Gasteiger partial charge in [-0.05, 0) is 25.3 Å². The average Bonchev–Trinajstić information content (AvgIpc) is 2.52. The zero-order chi connectivity index (χ0) is 18.1. The summed E-state index contributed by atoms with van der Waals surface area (Å²) < 4.78 is 82.3. The number of piperidine rings is 1. The molecule has 0 spiro atoms. The molecule has 1 atom stereocenters. The van der Waals surface area contributed by atoms with Gasteiger partial charge in [-0.2, -0.15) is 26.3 Å². The van der Waals surface area contributed by atoms with Crippen molar-refractivity contribution in [1.29, 1.82) is 0 Å². The fourth-order valence-electron chi connectivity index (χ4n) is 2.61. The Morgan fingerprint density at radius 3 is 2.38 bits per heavy atom. The first-order valence-corrected chi connectivity index (χ1v) is 6.92. The summed E-state index contributed by atoms with van der Waals surface area (Å²) in [5.74, 6) is 0. The van der Waals surface area contributed by atoms with Crippen molar-refractivity contribution in [3.63, 3.8) is 0 Å². The predicted octanol–water partition coefficient (Wildman–Crippen LogP) is 3.81. The standard InChI is InChI=1S/C13H13F6N3O2/c1-24-11(23)22-5-3-2-4-8(22)7-6-9(12(14,15)16)20-21-10(7)13(17,18)19/h6,8H,2-5H2,1H3. The van der Waals surface area contributed by atoms with Crippen LogP contribution >= 0.6 is 0 Å². The zero-order valence-electron chi connectivity index (χ0n) is 12.4. The van der Waals surface area contributed by atoms with Crippen LogP contribution in [0.25, 0.3) is 0 Å². The van der Waals surface area contributed by atoms with E-state index < -0.39 is 41.4 Å². The van der Waals surface area contributed by atoms with Gasteiger partial charge in [-0.1, -0.05) is 0 Å². The number of carbonyl (C=O) groups is 1. The second kappa shape index (κ2) is 6.44. The molecule has 0 bridgehead atoms. The number of halogens is 6.